The van der Waals surface area contributed by atoms with Crippen LogP contribution in [0.5, 0.6) is 0 Å². The van der Waals surface area contributed by atoms with Crippen molar-refractivity contribution in [3.8, 4) is 0 Å². The van der Waals surface area contributed by atoms with Crippen LogP contribution in [0.15, 0.2) is 12.2 Å². The third kappa shape index (κ3) is 37.4. The molecule has 4 N–H and O–H groups in total. The van der Waals surface area contributed by atoms with E-state index in [0.717, 1.165) is 39.3 Å². The third-order valence-electron chi connectivity index (χ3n) is 14.4. The van der Waals surface area contributed by atoms with E-state index in [0.29, 0.717) is 12.8 Å². The maximum atomic E-state index is 13.7. The zero-order valence-corrected chi connectivity index (χ0v) is 43.5. The van der Waals surface area contributed by atoms with Gasteiger partial charge in [0, 0.05) is 5.57 Å². The topological polar surface area (TPSA) is 92.7 Å². The van der Waals surface area contributed by atoms with E-state index in [1.807, 2.05) is 0 Å². The van der Waals surface area contributed by atoms with E-state index in [2.05, 4.69) is 44.1 Å². The van der Waals surface area contributed by atoms with Gasteiger partial charge in [-0.1, -0.05) is 265 Å². The van der Waals surface area contributed by atoms with Gasteiger partial charge in [0.1, 0.15) is 0 Å². The standard InChI is InChI=1S/C57H114N4O2/c1-6-10-14-18-22-26-30-34-38-42-48-60(49-43-39-35-31-27-23-19-15-11-7-2)52-46-57(56(59)63,54(5)55(58)62)47-53-61(50-44-40-36-32-28-24-20-16-12-8-3)51-45-41-37-33-29-25-21-17-13-9-4/h5-53H2,1-4H3,(H2,58,62)(H2,59,63). The second-order valence-corrected chi connectivity index (χ2v) is 20.2. The van der Waals surface area contributed by atoms with Crippen molar-refractivity contribution in [2.75, 3.05) is 39.3 Å². The Balaban J connectivity index is 5.59. The van der Waals surface area contributed by atoms with Gasteiger partial charge in [0.2, 0.25) is 11.8 Å². The Kier molecular flexibility index (Phi) is 46.1. The van der Waals surface area contributed by atoms with Gasteiger partial charge < -0.3 is 21.3 Å². The Bertz CT molecular complexity index is 897. The van der Waals surface area contributed by atoms with Crippen LogP contribution in [0.3, 0.4) is 0 Å². The lowest BCUT2D eigenvalue weighted by atomic mass is 9.73. The summed E-state index contributed by atoms with van der Waals surface area (Å²) in [7, 11) is 0. The minimum absolute atomic E-state index is 0.214. The molecule has 0 unspecified atom stereocenters. The lowest BCUT2D eigenvalue weighted by Gasteiger charge is -2.36. The highest BCUT2D eigenvalue weighted by molar-refractivity contribution is 6.00. The van der Waals surface area contributed by atoms with Gasteiger partial charge >= 0.3 is 0 Å². The summed E-state index contributed by atoms with van der Waals surface area (Å²) in [5, 5.41) is 0. The van der Waals surface area contributed by atoms with Crippen molar-refractivity contribution in [2.45, 2.75) is 297 Å². The fourth-order valence-electron chi connectivity index (χ4n) is 9.72. The Morgan fingerprint density at radius 2 is 0.524 bits per heavy atom. The van der Waals surface area contributed by atoms with Crippen molar-refractivity contribution in [1.82, 2.24) is 9.80 Å². The maximum absolute atomic E-state index is 13.7. The molecule has 0 heterocycles. The average Bonchev–Trinajstić information content (AvgIpc) is 3.27. The molecule has 0 aliphatic rings. The summed E-state index contributed by atoms with van der Waals surface area (Å²) in [6.45, 7) is 19.0. The summed E-state index contributed by atoms with van der Waals surface area (Å²) in [5.74, 6) is -1.01. The third-order valence-corrected chi connectivity index (χ3v) is 14.4. The van der Waals surface area contributed by atoms with Gasteiger partial charge in [0.05, 0.1) is 5.41 Å². The molecule has 0 bridgehead atoms. The minimum Gasteiger partial charge on any atom is -0.369 e. The summed E-state index contributed by atoms with van der Waals surface area (Å²) in [5.41, 5.74) is 11.4. The number of primary amides is 2. The normalized spacial score (nSPS) is 12.0. The molecule has 0 spiro atoms. The van der Waals surface area contributed by atoms with Crippen LogP contribution < -0.4 is 11.5 Å². The quantitative estimate of drug-likeness (QED) is 0.0470. The molecular formula is C57H114N4O2. The summed E-state index contributed by atoms with van der Waals surface area (Å²) < 4.78 is 0. The van der Waals surface area contributed by atoms with Crippen molar-refractivity contribution < 1.29 is 9.59 Å². The number of hydrogen-bond acceptors (Lipinski definition) is 4. The van der Waals surface area contributed by atoms with Gasteiger partial charge in [-0.2, -0.15) is 0 Å². The van der Waals surface area contributed by atoms with Crippen LogP contribution in [0.2, 0.25) is 0 Å². The summed E-state index contributed by atoms with van der Waals surface area (Å²) >= 11 is 0. The molecule has 6 nitrogen and oxygen atoms in total. The Morgan fingerprint density at radius 3 is 0.698 bits per heavy atom. The number of hydrogen-bond donors (Lipinski definition) is 2. The van der Waals surface area contributed by atoms with E-state index in [-0.39, 0.29) is 5.57 Å². The average molecular weight is 888 g/mol. The molecule has 0 aromatic rings. The molecule has 0 aromatic carbocycles. The van der Waals surface area contributed by atoms with E-state index in [4.69, 9.17) is 11.5 Å². The van der Waals surface area contributed by atoms with Gasteiger partial charge in [-0.15, -0.1) is 0 Å². The first-order valence-corrected chi connectivity index (χ1v) is 28.5. The molecule has 0 aliphatic carbocycles. The number of amides is 2. The highest BCUT2D eigenvalue weighted by Crippen LogP contribution is 2.35. The van der Waals surface area contributed by atoms with Gasteiger partial charge in [-0.3, -0.25) is 9.59 Å². The Hall–Kier alpha value is -1.40. The van der Waals surface area contributed by atoms with Crippen molar-refractivity contribution in [2.24, 2.45) is 16.9 Å². The van der Waals surface area contributed by atoms with Crippen LogP contribution in [0, 0.1) is 5.41 Å². The predicted molar refractivity (Wildman–Crippen MR) is 279 cm³/mol. The molecule has 63 heavy (non-hydrogen) atoms. The summed E-state index contributed by atoms with van der Waals surface area (Å²) in [6.07, 6.45) is 54.1. The van der Waals surface area contributed by atoms with Crippen LogP contribution in [-0.4, -0.2) is 60.9 Å². The van der Waals surface area contributed by atoms with Gasteiger partial charge in [0.25, 0.3) is 0 Å². The number of nitrogens with two attached hydrogens (primary N) is 2. The van der Waals surface area contributed by atoms with Crippen molar-refractivity contribution in [1.29, 1.82) is 0 Å². The van der Waals surface area contributed by atoms with Gasteiger partial charge in [0.15, 0.2) is 0 Å². The number of carbonyl (C=O) groups excluding carboxylic acids is 2. The molecule has 0 atom stereocenters. The van der Waals surface area contributed by atoms with Crippen molar-refractivity contribution in [3.63, 3.8) is 0 Å². The monoisotopic (exact) mass is 887 g/mol. The number of nitrogens with zero attached hydrogens (tertiary/aromatic N) is 2. The van der Waals surface area contributed by atoms with Crippen molar-refractivity contribution >= 4 is 11.8 Å². The second kappa shape index (κ2) is 47.1. The highest BCUT2D eigenvalue weighted by atomic mass is 16.2. The first kappa shape index (κ1) is 61.6. The van der Waals surface area contributed by atoms with Gasteiger partial charge in [-0.25, -0.2) is 0 Å². The van der Waals surface area contributed by atoms with Gasteiger partial charge in [-0.05, 0) is 77.8 Å². The zero-order chi connectivity index (χ0) is 46.3. The van der Waals surface area contributed by atoms with E-state index < -0.39 is 17.2 Å². The number of rotatable bonds is 53. The Labute approximate surface area is 395 Å². The van der Waals surface area contributed by atoms with Crippen LogP contribution in [-0.2, 0) is 9.59 Å². The first-order chi connectivity index (χ1) is 30.8. The fourth-order valence-corrected chi connectivity index (χ4v) is 9.72. The highest BCUT2D eigenvalue weighted by Gasteiger charge is 2.42. The van der Waals surface area contributed by atoms with E-state index in [1.165, 1.54) is 257 Å². The van der Waals surface area contributed by atoms with Crippen LogP contribution >= 0.6 is 0 Å². The van der Waals surface area contributed by atoms with E-state index in [1.54, 1.807) is 0 Å². The lowest BCUT2D eigenvalue weighted by Crippen LogP contribution is -2.47. The number of carbonyl (C=O) groups is 2. The molecule has 6 heteroatoms. The second-order valence-electron chi connectivity index (χ2n) is 20.2. The molecule has 0 aromatic heterocycles. The SMILES string of the molecule is C=C(C(N)=O)C(CCN(CCCCCCCCCCCC)CCCCCCCCCCCC)(CCN(CCCCCCCCCCCC)CCCCCCCCCCCC)C(N)=O. The molecule has 2 amide bonds. The Morgan fingerprint density at radius 1 is 0.333 bits per heavy atom. The largest absolute Gasteiger partial charge is 0.369 e. The maximum Gasteiger partial charge on any atom is 0.245 e. The molecule has 0 fully saturated rings. The minimum atomic E-state index is -1.12. The van der Waals surface area contributed by atoms with Crippen molar-refractivity contribution in [3.05, 3.63) is 12.2 Å². The molecule has 0 rings (SSSR count). The van der Waals surface area contributed by atoms with E-state index in [9.17, 15) is 9.59 Å². The smallest absolute Gasteiger partial charge is 0.245 e. The molecule has 0 saturated heterocycles. The molecule has 0 saturated carbocycles. The lowest BCUT2D eigenvalue weighted by molar-refractivity contribution is -0.129. The van der Waals surface area contributed by atoms with E-state index >= 15 is 0 Å². The predicted octanol–water partition coefficient (Wildman–Crippen LogP) is 16.6. The first-order valence-electron chi connectivity index (χ1n) is 28.5. The van der Waals surface area contributed by atoms with Crippen LogP contribution in [0.25, 0.3) is 0 Å². The summed E-state index contributed by atoms with van der Waals surface area (Å²) in [6, 6.07) is 0. The molecule has 0 radical (unpaired) electrons. The molecule has 374 valence electrons. The molecular weight excluding hydrogens is 773 g/mol. The van der Waals surface area contributed by atoms with Crippen LogP contribution in [0.1, 0.15) is 297 Å². The van der Waals surface area contributed by atoms with Crippen LogP contribution in [0.4, 0.5) is 0 Å². The number of unbranched alkanes of at least 4 members (excludes halogenated alkanes) is 36. The zero-order valence-electron chi connectivity index (χ0n) is 43.5. The molecule has 0 aliphatic heterocycles. The fraction of sp³-hybridized carbons (Fsp3) is 0.930. The summed E-state index contributed by atoms with van der Waals surface area (Å²) in [4.78, 5) is 31.7.